The van der Waals surface area contributed by atoms with E-state index in [2.05, 4.69) is 4.98 Å². The standard InChI is InChI=1S/C13H10ClNO2/c1-17-13-11(14)7-10(8-15-13)12(16)9-5-3-2-4-6-9/h2-8H,1H3. The summed E-state index contributed by atoms with van der Waals surface area (Å²) >= 11 is 5.92. The van der Waals surface area contributed by atoms with Crippen molar-refractivity contribution in [3.63, 3.8) is 0 Å². The second-order valence-corrected chi connectivity index (χ2v) is 3.82. The van der Waals surface area contributed by atoms with E-state index >= 15 is 0 Å². The lowest BCUT2D eigenvalue weighted by molar-refractivity contribution is 0.103. The van der Waals surface area contributed by atoms with Gasteiger partial charge < -0.3 is 4.74 Å². The zero-order valence-electron chi connectivity index (χ0n) is 9.18. The van der Waals surface area contributed by atoms with Crippen molar-refractivity contribution in [2.45, 2.75) is 0 Å². The quantitative estimate of drug-likeness (QED) is 0.783. The van der Waals surface area contributed by atoms with Crippen LogP contribution in [0.25, 0.3) is 0 Å². The molecule has 0 aliphatic heterocycles. The Balaban J connectivity index is 2.35. The molecular formula is C13H10ClNO2. The Bertz CT molecular complexity index is 540. The third kappa shape index (κ3) is 2.45. The van der Waals surface area contributed by atoms with Crippen LogP contribution in [0.1, 0.15) is 15.9 Å². The van der Waals surface area contributed by atoms with Gasteiger partial charge in [-0.15, -0.1) is 0 Å². The van der Waals surface area contributed by atoms with Gasteiger partial charge >= 0.3 is 0 Å². The van der Waals surface area contributed by atoms with Crippen molar-refractivity contribution in [2.75, 3.05) is 7.11 Å². The number of ketones is 1. The van der Waals surface area contributed by atoms with Crippen LogP contribution in [-0.2, 0) is 0 Å². The van der Waals surface area contributed by atoms with Crippen molar-refractivity contribution in [3.8, 4) is 5.88 Å². The van der Waals surface area contributed by atoms with Gasteiger partial charge in [-0.05, 0) is 6.07 Å². The number of hydrogen-bond acceptors (Lipinski definition) is 3. The first-order valence-corrected chi connectivity index (χ1v) is 5.39. The number of ether oxygens (including phenoxy) is 1. The third-order valence-electron chi connectivity index (χ3n) is 2.30. The van der Waals surface area contributed by atoms with E-state index in [4.69, 9.17) is 16.3 Å². The number of nitrogens with zero attached hydrogens (tertiary/aromatic N) is 1. The summed E-state index contributed by atoms with van der Waals surface area (Å²) in [5.41, 5.74) is 1.05. The van der Waals surface area contributed by atoms with Gasteiger partial charge in [-0.25, -0.2) is 4.98 Å². The summed E-state index contributed by atoms with van der Waals surface area (Å²) in [5, 5.41) is 0.328. The molecule has 0 bridgehead atoms. The Labute approximate surface area is 104 Å². The van der Waals surface area contributed by atoms with Crippen molar-refractivity contribution in [1.29, 1.82) is 0 Å². The molecule has 0 amide bonds. The van der Waals surface area contributed by atoms with Crippen LogP contribution >= 0.6 is 11.6 Å². The molecule has 3 nitrogen and oxygen atoms in total. The molecule has 86 valence electrons. The topological polar surface area (TPSA) is 39.2 Å². The number of carbonyl (C=O) groups excluding carboxylic acids is 1. The Morgan fingerprint density at radius 3 is 2.53 bits per heavy atom. The molecule has 0 fully saturated rings. The minimum absolute atomic E-state index is 0.109. The molecule has 17 heavy (non-hydrogen) atoms. The molecular weight excluding hydrogens is 238 g/mol. The second-order valence-electron chi connectivity index (χ2n) is 3.41. The molecule has 0 saturated heterocycles. The van der Waals surface area contributed by atoms with Crippen LogP contribution in [0.5, 0.6) is 5.88 Å². The van der Waals surface area contributed by atoms with Gasteiger partial charge in [0.1, 0.15) is 5.02 Å². The van der Waals surface area contributed by atoms with Crippen LogP contribution in [-0.4, -0.2) is 17.9 Å². The zero-order valence-corrected chi connectivity index (χ0v) is 9.94. The molecule has 2 aromatic rings. The average Bonchev–Trinajstić information content (AvgIpc) is 2.39. The van der Waals surface area contributed by atoms with Crippen molar-refractivity contribution >= 4 is 17.4 Å². The number of pyridine rings is 1. The molecule has 1 aromatic carbocycles. The van der Waals surface area contributed by atoms with Crippen LogP contribution in [0.15, 0.2) is 42.6 Å². The van der Waals surface area contributed by atoms with Crippen LogP contribution in [0.4, 0.5) is 0 Å². The lowest BCUT2D eigenvalue weighted by Crippen LogP contribution is -2.02. The highest BCUT2D eigenvalue weighted by atomic mass is 35.5. The Morgan fingerprint density at radius 2 is 1.94 bits per heavy atom. The largest absolute Gasteiger partial charge is 0.480 e. The molecule has 1 aromatic heterocycles. The van der Waals surface area contributed by atoms with Crippen LogP contribution in [0.2, 0.25) is 5.02 Å². The smallest absolute Gasteiger partial charge is 0.232 e. The van der Waals surface area contributed by atoms with E-state index in [-0.39, 0.29) is 5.78 Å². The molecule has 0 aliphatic rings. The van der Waals surface area contributed by atoms with Crippen LogP contribution < -0.4 is 4.74 Å². The lowest BCUT2D eigenvalue weighted by Gasteiger charge is -2.04. The van der Waals surface area contributed by atoms with Gasteiger partial charge in [0.15, 0.2) is 5.78 Å². The predicted octanol–water partition coefficient (Wildman–Crippen LogP) is 2.97. The molecule has 0 atom stereocenters. The van der Waals surface area contributed by atoms with Gasteiger partial charge in [0, 0.05) is 17.3 Å². The maximum absolute atomic E-state index is 12.1. The first-order chi connectivity index (χ1) is 8.22. The third-order valence-corrected chi connectivity index (χ3v) is 2.57. The van der Waals surface area contributed by atoms with E-state index in [9.17, 15) is 4.79 Å². The summed E-state index contributed by atoms with van der Waals surface area (Å²) in [7, 11) is 1.48. The molecule has 2 rings (SSSR count). The maximum Gasteiger partial charge on any atom is 0.232 e. The molecule has 1 heterocycles. The molecule has 4 heteroatoms. The number of halogens is 1. The van der Waals surface area contributed by atoms with Gasteiger partial charge in [-0.2, -0.15) is 0 Å². The average molecular weight is 248 g/mol. The fraction of sp³-hybridized carbons (Fsp3) is 0.0769. The summed E-state index contributed by atoms with van der Waals surface area (Å²) in [6.45, 7) is 0. The van der Waals surface area contributed by atoms with Crippen molar-refractivity contribution in [1.82, 2.24) is 4.98 Å². The first-order valence-electron chi connectivity index (χ1n) is 5.01. The van der Waals surface area contributed by atoms with Gasteiger partial charge in [0.25, 0.3) is 0 Å². The summed E-state index contributed by atoms with van der Waals surface area (Å²) in [4.78, 5) is 16.0. The number of hydrogen-bond donors (Lipinski definition) is 0. The minimum Gasteiger partial charge on any atom is -0.480 e. The highest BCUT2D eigenvalue weighted by Gasteiger charge is 2.11. The Kier molecular flexibility index (Phi) is 3.40. The van der Waals surface area contributed by atoms with Crippen LogP contribution in [0.3, 0.4) is 0 Å². The summed E-state index contributed by atoms with van der Waals surface area (Å²) in [6, 6.07) is 10.5. The van der Waals surface area contributed by atoms with Crippen LogP contribution in [0, 0.1) is 0 Å². The summed E-state index contributed by atoms with van der Waals surface area (Å²) in [6.07, 6.45) is 1.46. The number of benzene rings is 1. The van der Waals surface area contributed by atoms with Crippen molar-refractivity contribution in [2.24, 2.45) is 0 Å². The fourth-order valence-corrected chi connectivity index (χ4v) is 1.70. The Hall–Kier alpha value is -1.87. The van der Waals surface area contributed by atoms with Gasteiger partial charge in [0.2, 0.25) is 5.88 Å². The van der Waals surface area contributed by atoms with Gasteiger partial charge in [0.05, 0.1) is 7.11 Å². The van der Waals surface area contributed by atoms with E-state index in [1.807, 2.05) is 18.2 Å². The number of aromatic nitrogens is 1. The summed E-state index contributed by atoms with van der Waals surface area (Å²) < 4.78 is 4.93. The zero-order chi connectivity index (χ0) is 12.3. The highest BCUT2D eigenvalue weighted by Crippen LogP contribution is 2.23. The Morgan fingerprint density at radius 1 is 1.24 bits per heavy atom. The van der Waals surface area contributed by atoms with Gasteiger partial charge in [-0.3, -0.25) is 4.79 Å². The maximum atomic E-state index is 12.1. The molecule has 0 unspecified atom stereocenters. The fourth-order valence-electron chi connectivity index (χ4n) is 1.46. The molecule has 0 radical (unpaired) electrons. The first kappa shape index (κ1) is 11.6. The molecule has 0 N–H and O–H groups in total. The minimum atomic E-state index is -0.109. The number of rotatable bonds is 3. The van der Waals surface area contributed by atoms with Crippen molar-refractivity contribution in [3.05, 3.63) is 58.7 Å². The van der Waals surface area contributed by atoms with E-state index in [1.165, 1.54) is 13.3 Å². The summed E-state index contributed by atoms with van der Waals surface area (Å²) in [5.74, 6) is 0.207. The normalized spacial score (nSPS) is 10.0. The molecule has 0 aliphatic carbocycles. The van der Waals surface area contributed by atoms with Crippen molar-refractivity contribution < 1.29 is 9.53 Å². The molecule has 0 spiro atoms. The predicted molar refractivity (Wildman–Crippen MR) is 65.7 cm³/mol. The second kappa shape index (κ2) is 4.97. The number of methoxy groups -OCH3 is 1. The van der Waals surface area contributed by atoms with E-state index < -0.39 is 0 Å². The van der Waals surface area contributed by atoms with E-state index in [1.54, 1.807) is 18.2 Å². The number of carbonyl (C=O) groups is 1. The lowest BCUT2D eigenvalue weighted by atomic mass is 10.1. The van der Waals surface area contributed by atoms with E-state index in [0.717, 1.165) is 0 Å². The monoisotopic (exact) mass is 247 g/mol. The molecule has 0 saturated carbocycles. The van der Waals surface area contributed by atoms with E-state index in [0.29, 0.717) is 22.0 Å². The SMILES string of the molecule is COc1ncc(C(=O)c2ccccc2)cc1Cl. The highest BCUT2D eigenvalue weighted by molar-refractivity contribution is 6.32. The van der Waals surface area contributed by atoms with Gasteiger partial charge in [-0.1, -0.05) is 41.9 Å².